The fourth-order valence-corrected chi connectivity index (χ4v) is 5.97. The number of hydrogen-bond donors (Lipinski definition) is 0. The number of epoxide rings is 1. The molecule has 1 atom stereocenters. The molecule has 0 bridgehead atoms. The Morgan fingerprint density at radius 2 is 0.913 bits per heavy atom. The van der Waals surface area contributed by atoms with E-state index in [4.69, 9.17) is 23.7 Å². The summed E-state index contributed by atoms with van der Waals surface area (Å²) >= 11 is 0. The summed E-state index contributed by atoms with van der Waals surface area (Å²) in [6.45, 7) is 17.7. The van der Waals surface area contributed by atoms with Gasteiger partial charge >= 0.3 is 0 Å². The van der Waals surface area contributed by atoms with E-state index in [0.717, 1.165) is 81.8 Å². The zero-order valence-corrected chi connectivity index (χ0v) is 31.3. The van der Waals surface area contributed by atoms with E-state index in [-0.39, 0.29) is 5.60 Å². The van der Waals surface area contributed by atoms with E-state index < -0.39 is 0 Å². The molecule has 0 amide bonds. The Kier molecular flexibility index (Phi) is 16.8. The molecule has 1 saturated heterocycles. The maximum Gasteiger partial charge on any atom is 0.207 e. The lowest BCUT2D eigenvalue weighted by Crippen LogP contribution is -2.04. The van der Waals surface area contributed by atoms with E-state index in [1.54, 1.807) is 28.4 Å². The molecule has 1 fully saturated rings. The van der Waals surface area contributed by atoms with Crippen molar-refractivity contribution in [2.24, 2.45) is 0 Å². The molecule has 1 aliphatic heterocycles. The lowest BCUT2D eigenvalue weighted by Gasteiger charge is -2.21. The summed E-state index contributed by atoms with van der Waals surface area (Å²) in [4.78, 5) is 0. The fourth-order valence-electron chi connectivity index (χ4n) is 5.97. The number of rotatable bonds is 21. The van der Waals surface area contributed by atoms with Crippen LogP contribution in [0.5, 0.6) is 23.0 Å². The van der Waals surface area contributed by atoms with Crippen LogP contribution < -0.4 is 18.9 Å². The highest BCUT2D eigenvalue weighted by Crippen LogP contribution is 2.49. The third-order valence-corrected chi connectivity index (χ3v) is 9.25. The average Bonchev–Trinajstić information content (AvgIpc) is 3.64. The first-order valence-corrected chi connectivity index (χ1v) is 17.2. The monoisotopic (exact) mass is 636 g/mol. The molecule has 0 saturated carbocycles. The van der Waals surface area contributed by atoms with E-state index in [0.29, 0.717) is 29.1 Å². The standard InChI is InChI=1S/C41H64O5/c1-29(18-14-20-31(3)22-16-24-33(5)26-28-36-41(7,8)46-36)17-13-19-30(2)21-15-23-32(4)25-27-35-34(6)37(42-9)39(44-11)40(45-12)38(35)43-10/h17,20-21,24-25,36H,13-16,18-19,22-23,26-28H2,1-12H3/b29-17+,30-21+,31-20+,32-25+,33-24+. The van der Waals surface area contributed by atoms with Gasteiger partial charge in [0, 0.05) is 11.1 Å². The molecule has 2 rings (SSSR count). The minimum Gasteiger partial charge on any atom is -0.492 e. The van der Waals surface area contributed by atoms with Crippen molar-refractivity contribution in [1.29, 1.82) is 0 Å². The van der Waals surface area contributed by atoms with Gasteiger partial charge in [0.2, 0.25) is 11.5 Å². The lowest BCUT2D eigenvalue weighted by atomic mass is 9.99. The van der Waals surface area contributed by atoms with Crippen LogP contribution in [0.1, 0.15) is 124 Å². The number of methoxy groups -OCH3 is 4. The summed E-state index contributed by atoms with van der Waals surface area (Å²) < 4.78 is 28.3. The van der Waals surface area contributed by atoms with Crippen LogP contribution in [0.2, 0.25) is 0 Å². The normalized spacial score (nSPS) is 17.3. The first-order valence-electron chi connectivity index (χ1n) is 17.2. The van der Waals surface area contributed by atoms with E-state index >= 15 is 0 Å². The molecule has 5 nitrogen and oxygen atoms in total. The quantitative estimate of drug-likeness (QED) is 0.0992. The molecular formula is C41H64O5. The van der Waals surface area contributed by atoms with E-state index in [1.807, 2.05) is 6.92 Å². The fraction of sp³-hybridized carbons (Fsp3) is 0.610. The van der Waals surface area contributed by atoms with Crippen molar-refractivity contribution in [3.05, 3.63) is 69.4 Å². The summed E-state index contributed by atoms with van der Waals surface area (Å²) in [6.07, 6.45) is 24.3. The van der Waals surface area contributed by atoms with Crippen LogP contribution in [0.3, 0.4) is 0 Å². The average molecular weight is 637 g/mol. The van der Waals surface area contributed by atoms with Crippen LogP contribution in [-0.2, 0) is 11.2 Å². The van der Waals surface area contributed by atoms with Crippen molar-refractivity contribution in [2.75, 3.05) is 28.4 Å². The van der Waals surface area contributed by atoms with Crippen LogP contribution in [-0.4, -0.2) is 40.1 Å². The summed E-state index contributed by atoms with van der Waals surface area (Å²) in [5, 5.41) is 0. The molecule has 0 aromatic heterocycles. The highest BCUT2D eigenvalue weighted by atomic mass is 16.6. The molecule has 5 heteroatoms. The minimum atomic E-state index is 0.112. The molecule has 1 unspecified atom stereocenters. The zero-order chi connectivity index (χ0) is 34.3. The maximum absolute atomic E-state index is 5.75. The second kappa shape index (κ2) is 19.7. The van der Waals surface area contributed by atoms with Crippen molar-refractivity contribution in [3.63, 3.8) is 0 Å². The Morgan fingerprint density at radius 3 is 1.28 bits per heavy atom. The van der Waals surface area contributed by atoms with Gasteiger partial charge in [0.25, 0.3) is 0 Å². The predicted molar refractivity (Wildman–Crippen MR) is 195 cm³/mol. The van der Waals surface area contributed by atoms with E-state index in [9.17, 15) is 0 Å². The van der Waals surface area contributed by atoms with Gasteiger partial charge in [-0.2, -0.15) is 0 Å². The van der Waals surface area contributed by atoms with Crippen LogP contribution in [0.4, 0.5) is 0 Å². The molecule has 0 radical (unpaired) electrons. The number of ether oxygens (including phenoxy) is 5. The van der Waals surface area contributed by atoms with Gasteiger partial charge in [-0.05, 0) is 126 Å². The van der Waals surface area contributed by atoms with E-state index in [1.165, 1.54) is 27.9 Å². The Labute approximate surface area is 281 Å². The van der Waals surface area contributed by atoms with Gasteiger partial charge in [-0.1, -0.05) is 58.2 Å². The van der Waals surface area contributed by atoms with Gasteiger partial charge in [0.15, 0.2) is 11.5 Å². The maximum atomic E-state index is 5.75. The second-order valence-corrected chi connectivity index (χ2v) is 13.6. The summed E-state index contributed by atoms with van der Waals surface area (Å²) in [5.74, 6) is 2.51. The van der Waals surface area contributed by atoms with Gasteiger partial charge in [-0.15, -0.1) is 0 Å². The largest absolute Gasteiger partial charge is 0.492 e. The summed E-state index contributed by atoms with van der Waals surface area (Å²) in [7, 11) is 6.57. The zero-order valence-electron chi connectivity index (χ0n) is 31.3. The number of allylic oxidation sites excluding steroid dienone is 10. The molecule has 0 N–H and O–H groups in total. The SMILES string of the molecule is COc1c(C)c(C/C=C(\C)CC/C=C(\C)CC/C=C(\C)CC/C=C(\C)CC/C=C(\C)CCC2OC2(C)C)c(OC)c(OC)c1OC. The first kappa shape index (κ1) is 39.3. The van der Waals surface area contributed by atoms with Gasteiger partial charge in [-0.25, -0.2) is 0 Å². The third-order valence-electron chi connectivity index (χ3n) is 9.25. The highest BCUT2D eigenvalue weighted by molar-refractivity contribution is 5.67. The Balaban J connectivity index is 1.74. The first-order chi connectivity index (χ1) is 21.9. The van der Waals surface area contributed by atoms with Gasteiger partial charge in [0.05, 0.1) is 40.1 Å². The Bertz CT molecular complexity index is 1270. The van der Waals surface area contributed by atoms with Gasteiger partial charge in [-0.3, -0.25) is 0 Å². The molecule has 1 aromatic carbocycles. The Morgan fingerprint density at radius 1 is 0.565 bits per heavy atom. The van der Waals surface area contributed by atoms with E-state index in [2.05, 4.69) is 78.8 Å². The minimum absolute atomic E-state index is 0.112. The van der Waals surface area contributed by atoms with Crippen molar-refractivity contribution in [2.45, 2.75) is 138 Å². The number of hydrogen-bond acceptors (Lipinski definition) is 5. The molecule has 0 aliphatic carbocycles. The summed E-state index contributed by atoms with van der Waals surface area (Å²) in [5.41, 5.74) is 9.49. The van der Waals surface area contributed by atoms with Gasteiger partial charge < -0.3 is 23.7 Å². The predicted octanol–water partition coefficient (Wildman–Crippen LogP) is 11.4. The van der Waals surface area contributed by atoms with Crippen molar-refractivity contribution in [1.82, 2.24) is 0 Å². The summed E-state index contributed by atoms with van der Waals surface area (Å²) in [6, 6.07) is 0. The number of benzene rings is 1. The Hall–Kier alpha value is -2.92. The van der Waals surface area contributed by atoms with Crippen LogP contribution in [0.15, 0.2) is 58.2 Å². The molecule has 1 aliphatic rings. The van der Waals surface area contributed by atoms with Gasteiger partial charge in [0.1, 0.15) is 0 Å². The molecule has 1 aromatic rings. The second-order valence-electron chi connectivity index (χ2n) is 13.6. The molecule has 258 valence electrons. The molecule has 0 spiro atoms. The lowest BCUT2D eigenvalue weighted by molar-refractivity contribution is 0.302. The third kappa shape index (κ3) is 12.7. The van der Waals surface area contributed by atoms with Crippen molar-refractivity contribution < 1.29 is 23.7 Å². The van der Waals surface area contributed by atoms with Crippen LogP contribution in [0, 0.1) is 6.92 Å². The van der Waals surface area contributed by atoms with Crippen LogP contribution >= 0.6 is 0 Å². The molecular weight excluding hydrogens is 572 g/mol. The topological polar surface area (TPSA) is 49.5 Å². The highest BCUT2D eigenvalue weighted by Gasteiger charge is 2.46. The molecule has 46 heavy (non-hydrogen) atoms. The molecule has 1 heterocycles. The van der Waals surface area contributed by atoms with Crippen molar-refractivity contribution in [3.8, 4) is 23.0 Å². The van der Waals surface area contributed by atoms with Crippen LogP contribution in [0.25, 0.3) is 0 Å². The van der Waals surface area contributed by atoms with Crippen molar-refractivity contribution >= 4 is 0 Å². The smallest absolute Gasteiger partial charge is 0.207 e.